The Morgan fingerprint density at radius 3 is 2.52 bits per heavy atom. The van der Waals surface area contributed by atoms with Crippen molar-refractivity contribution in [3.63, 3.8) is 0 Å². The number of piperidine rings is 1. The standard InChI is InChI=1S/C15H17Cl2NO3/c1-9-5-6-18(13(7-9)15(20)21)14(19)8-10-11(16)3-2-4-12(10)17/h2-4,9,13H,5-8H2,1H3,(H,20,21). The van der Waals surface area contributed by atoms with E-state index < -0.39 is 12.0 Å². The molecule has 4 nitrogen and oxygen atoms in total. The molecule has 0 aromatic heterocycles. The summed E-state index contributed by atoms with van der Waals surface area (Å²) in [6, 6.07) is 4.29. The van der Waals surface area contributed by atoms with Gasteiger partial charge in [0, 0.05) is 16.6 Å². The monoisotopic (exact) mass is 329 g/mol. The molecule has 114 valence electrons. The zero-order valence-electron chi connectivity index (χ0n) is 11.7. The summed E-state index contributed by atoms with van der Waals surface area (Å²) in [4.78, 5) is 25.2. The molecule has 1 aromatic carbocycles. The van der Waals surface area contributed by atoms with Crippen LogP contribution >= 0.6 is 23.2 Å². The van der Waals surface area contributed by atoms with Crippen LogP contribution in [-0.2, 0) is 16.0 Å². The topological polar surface area (TPSA) is 57.6 Å². The Hall–Kier alpha value is -1.26. The Bertz CT molecular complexity index is 542. The molecule has 21 heavy (non-hydrogen) atoms. The zero-order chi connectivity index (χ0) is 15.6. The molecule has 2 rings (SSSR count). The molecule has 1 aliphatic heterocycles. The average molecular weight is 330 g/mol. The molecule has 0 saturated carbocycles. The highest BCUT2D eigenvalue weighted by atomic mass is 35.5. The molecule has 0 radical (unpaired) electrons. The lowest BCUT2D eigenvalue weighted by atomic mass is 9.92. The van der Waals surface area contributed by atoms with Crippen LogP contribution in [0.1, 0.15) is 25.3 Å². The summed E-state index contributed by atoms with van der Waals surface area (Å²) in [5.41, 5.74) is 0.550. The molecule has 1 aliphatic rings. The van der Waals surface area contributed by atoms with E-state index >= 15 is 0 Å². The van der Waals surface area contributed by atoms with E-state index in [-0.39, 0.29) is 12.3 Å². The van der Waals surface area contributed by atoms with E-state index in [4.69, 9.17) is 23.2 Å². The highest BCUT2D eigenvalue weighted by Gasteiger charge is 2.34. The number of hydrogen-bond donors (Lipinski definition) is 1. The molecule has 1 aromatic rings. The number of likely N-dealkylation sites (tertiary alicyclic amines) is 1. The molecule has 1 amide bonds. The fourth-order valence-electron chi connectivity index (χ4n) is 2.63. The number of aliphatic carboxylic acids is 1. The van der Waals surface area contributed by atoms with Crippen molar-refractivity contribution in [1.82, 2.24) is 4.90 Å². The summed E-state index contributed by atoms with van der Waals surface area (Å²) >= 11 is 12.1. The van der Waals surface area contributed by atoms with Gasteiger partial charge in [0.15, 0.2) is 0 Å². The van der Waals surface area contributed by atoms with Gasteiger partial charge in [0.2, 0.25) is 5.91 Å². The number of carboxylic acids is 1. The smallest absolute Gasteiger partial charge is 0.326 e. The van der Waals surface area contributed by atoms with E-state index in [1.54, 1.807) is 18.2 Å². The average Bonchev–Trinajstić information content (AvgIpc) is 2.42. The molecule has 0 bridgehead atoms. The lowest BCUT2D eigenvalue weighted by molar-refractivity contribution is -0.152. The van der Waals surface area contributed by atoms with Gasteiger partial charge in [-0.15, -0.1) is 0 Å². The van der Waals surface area contributed by atoms with Crippen LogP contribution in [0.3, 0.4) is 0 Å². The second-order valence-electron chi connectivity index (χ2n) is 5.45. The summed E-state index contributed by atoms with van der Waals surface area (Å²) in [5.74, 6) is -0.900. The second-order valence-corrected chi connectivity index (χ2v) is 6.26. The number of benzene rings is 1. The van der Waals surface area contributed by atoms with Crippen molar-refractivity contribution in [1.29, 1.82) is 0 Å². The van der Waals surface area contributed by atoms with Crippen LogP contribution in [0, 0.1) is 5.92 Å². The van der Waals surface area contributed by atoms with E-state index in [2.05, 4.69) is 0 Å². The van der Waals surface area contributed by atoms with E-state index in [1.807, 2.05) is 6.92 Å². The first kappa shape index (κ1) is 16.1. The number of carbonyl (C=O) groups is 2. The number of rotatable bonds is 3. The SMILES string of the molecule is CC1CCN(C(=O)Cc2c(Cl)cccc2Cl)C(C(=O)O)C1. The molecule has 1 saturated heterocycles. The first-order valence-electron chi connectivity index (χ1n) is 6.85. The fraction of sp³-hybridized carbons (Fsp3) is 0.467. The van der Waals surface area contributed by atoms with Crippen LogP contribution in [0.25, 0.3) is 0 Å². The van der Waals surface area contributed by atoms with Crippen molar-refractivity contribution in [2.24, 2.45) is 5.92 Å². The van der Waals surface area contributed by atoms with Gasteiger partial charge >= 0.3 is 5.97 Å². The van der Waals surface area contributed by atoms with E-state index in [0.717, 1.165) is 6.42 Å². The van der Waals surface area contributed by atoms with Gasteiger partial charge in [0.25, 0.3) is 0 Å². The van der Waals surface area contributed by atoms with Crippen molar-refractivity contribution >= 4 is 35.1 Å². The minimum atomic E-state index is -0.958. The first-order valence-corrected chi connectivity index (χ1v) is 7.61. The molecular weight excluding hydrogens is 313 g/mol. The predicted molar refractivity (Wildman–Crippen MR) is 81.7 cm³/mol. The van der Waals surface area contributed by atoms with Crippen molar-refractivity contribution in [3.8, 4) is 0 Å². The molecule has 1 heterocycles. The number of halogens is 2. The van der Waals surface area contributed by atoms with Crippen LogP contribution in [0.4, 0.5) is 0 Å². The molecule has 2 atom stereocenters. The molecule has 0 spiro atoms. The Kier molecular flexibility index (Phi) is 5.12. The van der Waals surface area contributed by atoms with E-state index in [9.17, 15) is 14.7 Å². The maximum absolute atomic E-state index is 12.4. The van der Waals surface area contributed by atoms with Crippen LogP contribution in [0.2, 0.25) is 10.0 Å². The van der Waals surface area contributed by atoms with Gasteiger partial charge in [0.1, 0.15) is 6.04 Å². The molecule has 2 unspecified atom stereocenters. The molecule has 1 fully saturated rings. The van der Waals surface area contributed by atoms with Crippen molar-refractivity contribution in [2.75, 3.05) is 6.54 Å². The van der Waals surface area contributed by atoms with Gasteiger partial charge in [-0.3, -0.25) is 4.79 Å². The van der Waals surface area contributed by atoms with Crippen LogP contribution in [0.5, 0.6) is 0 Å². The van der Waals surface area contributed by atoms with Crippen molar-refractivity contribution < 1.29 is 14.7 Å². The Morgan fingerprint density at radius 1 is 1.33 bits per heavy atom. The summed E-state index contributed by atoms with van der Waals surface area (Å²) < 4.78 is 0. The van der Waals surface area contributed by atoms with Gasteiger partial charge < -0.3 is 10.0 Å². The van der Waals surface area contributed by atoms with Gasteiger partial charge in [-0.2, -0.15) is 0 Å². The van der Waals surface area contributed by atoms with E-state index in [1.165, 1.54) is 4.90 Å². The molecule has 1 N–H and O–H groups in total. The Balaban J connectivity index is 2.17. The third-order valence-corrected chi connectivity index (χ3v) is 4.57. The molecular formula is C15H17Cl2NO3. The van der Waals surface area contributed by atoms with Crippen LogP contribution < -0.4 is 0 Å². The normalized spacial score (nSPS) is 22.1. The van der Waals surface area contributed by atoms with E-state index in [0.29, 0.717) is 34.5 Å². The van der Waals surface area contributed by atoms with Gasteiger partial charge in [0.05, 0.1) is 6.42 Å². The quantitative estimate of drug-likeness (QED) is 0.926. The molecule has 6 heteroatoms. The lowest BCUT2D eigenvalue weighted by Gasteiger charge is -2.36. The maximum atomic E-state index is 12.4. The van der Waals surface area contributed by atoms with Crippen LogP contribution in [0.15, 0.2) is 18.2 Å². The Morgan fingerprint density at radius 2 is 1.95 bits per heavy atom. The third kappa shape index (κ3) is 3.69. The maximum Gasteiger partial charge on any atom is 0.326 e. The number of carboxylic acid groups (broad SMARTS) is 1. The summed E-state index contributed by atoms with van der Waals surface area (Å²) in [6.07, 6.45) is 1.32. The highest BCUT2D eigenvalue weighted by Crippen LogP contribution is 2.28. The summed E-state index contributed by atoms with van der Waals surface area (Å²) in [6.45, 7) is 2.46. The highest BCUT2D eigenvalue weighted by molar-refractivity contribution is 6.36. The molecule has 0 aliphatic carbocycles. The lowest BCUT2D eigenvalue weighted by Crippen LogP contribution is -2.50. The summed E-state index contributed by atoms with van der Waals surface area (Å²) in [5, 5.41) is 10.2. The van der Waals surface area contributed by atoms with Crippen LogP contribution in [-0.4, -0.2) is 34.5 Å². The third-order valence-electron chi connectivity index (χ3n) is 3.86. The second kappa shape index (κ2) is 6.67. The number of amides is 1. The minimum absolute atomic E-state index is 0.0245. The van der Waals surface area contributed by atoms with Gasteiger partial charge in [-0.1, -0.05) is 36.2 Å². The number of carbonyl (C=O) groups excluding carboxylic acids is 1. The van der Waals surface area contributed by atoms with Crippen molar-refractivity contribution in [3.05, 3.63) is 33.8 Å². The van der Waals surface area contributed by atoms with Gasteiger partial charge in [-0.05, 0) is 36.5 Å². The minimum Gasteiger partial charge on any atom is -0.480 e. The Labute approximate surface area is 133 Å². The number of hydrogen-bond acceptors (Lipinski definition) is 2. The largest absolute Gasteiger partial charge is 0.480 e. The zero-order valence-corrected chi connectivity index (χ0v) is 13.2. The van der Waals surface area contributed by atoms with Gasteiger partial charge in [-0.25, -0.2) is 4.79 Å². The fourth-order valence-corrected chi connectivity index (χ4v) is 3.16. The predicted octanol–water partition coefficient (Wildman–Crippen LogP) is 3.25. The number of nitrogens with zero attached hydrogens (tertiary/aromatic N) is 1. The first-order chi connectivity index (χ1) is 9.90. The van der Waals surface area contributed by atoms with Crippen molar-refractivity contribution in [2.45, 2.75) is 32.2 Å². The summed E-state index contributed by atoms with van der Waals surface area (Å²) in [7, 11) is 0.